The summed E-state index contributed by atoms with van der Waals surface area (Å²) in [5.41, 5.74) is 4.12. The summed E-state index contributed by atoms with van der Waals surface area (Å²) in [4.78, 5) is 0. The van der Waals surface area contributed by atoms with Crippen molar-refractivity contribution >= 4 is 28.8 Å². The van der Waals surface area contributed by atoms with Crippen molar-refractivity contribution in [3.63, 3.8) is 0 Å². The molecular weight excluding hydrogens is 329 g/mol. The second-order valence-corrected chi connectivity index (χ2v) is 6.31. The third-order valence-corrected chi connectivity index (χ3v) is 4.60. The minimum absolute atomic E-state index is 0.688. The Hall–Kier alpha value is -2.10. The van der Waals surface area contributed by atoms with Crippen molar-refractivity contribution in [3.05, 3.63) is 81.4 Å². The van der Waals surface area contributed by atoms with Crippen LogP contribution in [0.4, 0.5) is 0 Å². The van der Waals surface area contributed by atoms with E-state index in [2.05, 4.69) is 20.8 Å². The molecule has 4 rings (SSSR count). The average Bonchev–Trinajstić information content (AvgIpc) is 2.82. The minimum atomic E-state index is 0.688. The van der Waals surface area contributed by atoms with E-state index in [1.807, 2.05) is 49.4 Å². The van der Waals surface area contributed by atoms with Crippen molar-refractivity contribution in [1.82, 2.24) is 14.8 Å². The average molecular weight is 342 g/mol. The zero-order valence-electron chi connectivity index (χ0n) is 12.4. The topological polar surface area (TPSA) is 30.7 Å². The predicted molar refractivity (Wildman–Crippen MR) is 93.3 cm³/mol. The van der Waals surface area contributed by atoms with E-state index in [1.54, 1.807) is 0 Å². The van der Waals surface area contributed by atoms with Crippen LogP contribution in [0.3, 0.4) is 0 Å². The molecule has 1 aromatic heterocycles. The molecule has 0 fully saturated rings. The lowest BCUT2D eigenvalue weighted by Gasteiger charge is -2.15. The van der Waals surface area contributed by atoms with Gasteiger partial charge in [-0.2, -0.15) is 0 Å². The van der Waals surface area contributed by atoms with E-state index in [0.29, 0.717) is 11.4 Å². The highest BCUT2D eigenvalue weighted by molar-refractivity contribution is 6.33. The lowest BCUT2D eigenvalue weighted by atomic mass is 9.96. The Morgan fingerprint density at radius 1 is 1.00 bits per heavy atom. The maximum Gasteiger partial charge on any atom is 0.141 e. The van der Waals surface area contributed by atoms with Gasteiger partial charge in [0.25, 0.3) is 0 Å². The van der Waals surface area contributed by atoms with Gasteiger partial charge in [-0.1, -0.05) is 47.5 Å². The molecule has 3 aromatic rings. The summed E-state index contributed by atoms with van der Waals surface area (Å²) in [6.45, 7) is 1.95. The fraction of sp³-hybridized carbons (Fsp3) is 0.111. The van der Waals surface area contributed by atoms with E-state index in [9.17, 15) is 0 Å². The zero-order valence-corrected chi connectivity index (χ0v) is 13.9. The number of hydrogen-bond donors (Lipinski definition) is 0. The second-order valence-electron chi connectivity index (χ2n) is 5.46. The highest BCUT2D eigenvalue weighted by Gasteiger charge is 2.21. The van der Waals surface area contributed by atoms with Crippen LogP contribution in [-0.4, -0.2) is 14.8 Å². The van der Waals surface area contributed by atoms with Crippen molar-refractivity contribution in [2.75, 3.05) is 0 Å². The molecule has 0 bridgehead atoms. The van der Waals surface area contributed by atoms with Crippen LogP contribution in [0.1, 0.15) is 22.8 Å². The predicted octanol–water partition coefficient (Wildman–Crippen LogP) is 4.87. The molecule has 0 radical (unpaired) electrons. The Kier molecular flexibility index (Phi) is 3.47. The Bertz CT molecular complexity index is 941. The molecule has 0 N–H and O–H groups in total. The summed E-state index contributed by atoms with van der Waals surface area (Å²) in [5, 5.41) is 9.90. The van der Waals surface area contributed by atoms with Crippen molar-refractivity contribution < 1.29 is 0 Å². The monoisotopic (exact) mass is 341 g/mol. The van der Waals surface area contributed by atoms with Crippen molar-refractivity contribution in [2.45, 2.75) is 13.3 Å². The van der Waals surface area contributed by atoms with E-state index in [4.69, 9.17) is 23.2 Å². The molecule has 0 saturated carbocycles. The van der Waals surface area contributed by atoms with Gasteiger partial charge in [0.15, 0.2) is 0 Å². The number of benzene rings is 2. The number of aryl methyl sites for hydroxylation is 1. The second kappa shape index (κ2) is 5.52. The van der Waals surface area contributed by atoms with Crippen LogP contribution in [0.15, 0.2) is 48.5 Å². The Labute approximate surface area is 144 Å². The number of allylic oxidation sites excluding steroid dienone is 1. The molecule has 0 spiro atoms. The normalized spacial score (nSPS) is 13.1. The van der Waals surface area contributed by atoms with Crippen LogP contribution in [0.5, 0.6) is 0 Å². The molecule has 23 heavy (non-hydrogen) atoms. The van der Waals surface area contributed by atoms with E-state index < -0.39 is 0 Å². The highest BCUT2D eigenvalue weighted by Crippen LogP contribution is 2.37. The van der Waals surface area contributed by atoms with Gasteiger partial charge in [0.05, 0.1) is 5.69 Å². The molecule has 114 valence electrons. The maximum absolute atomic E-state index is 6.43. The molecule has 2 heterocycles. The van der Waals surface area contributed by atoms with Gasteiger partial charge in [-0.3, -0.25) is 4.57 Å². The van der Waals surface area contributed by atoms with Gasteiger partial charge in [0.1, 0.15) is 11.6 Å². The largest absolute Gasteiger partial charge is 0.282 e. The third-order valence-electron chi connectivity index (χ3n) is 4.03. The van der Waals surface area contributed by atoms with Crippen molar-refractivity contribution in [2.24, 2.45) is 0 Å². The van der Waals surface area contributed by atoms with E-state index in [1.165, 1.54) is 0 Å². The SMILES string of the molecule is Cc1nnc2n1-c1ccc(Cl)cc1C(c1ccccc1Cl)=CC2. The van der Waals surface area contributed by atoms with Gasteiger partial charge < -0.3 is 0 Å². The van der Waals surface area contributed by atoms with Crippen LogP contribution in [0.2, 0.25) is 10.0 Å². The first-order valence-electron chi connectivity index (χ1n) is 7.31. The van der Waals surface area contributed by atoms with Crippen molar-refractivity contribution in [3.8, 4) is 5.69 Å². The zero-order chi connectivity index (χ0) is 16.0. The molecule has 2 aromatic carbocycles. The molecule has 0 atom stereocenters. The summed E-state index contributed by atoms with van der Waals surface area (Å²) < 4.78 is 2.08. The lowest BCUT2D eigenvalue weighted by Crippen LogP contribution is -2.03. The van der Waals surface area contributed by atoms with Crippen molar-refractivity contribution in [1.29, 1.82) is 0 Å². The molecule has 5 heteroatoms. The Morgan fingerprint density at radius 2 is 1.83 bits per heavy atom. The van der Waals surface area contributed by atoms with Gasteiger partial charge in [0, 0.05) is 27.6 Å². The summed E-state index contributed by atoms with van der Waals surface area (Å²) in [6, 6.07) is 13.7. The van der Waals surface area contributed by atoms with Crippen LogP contribution < -0.4 is 0 Å². The quantitative estimate of drug-likeness (QED) is 0.632. The molecule has 0 saturated heterocycles. The molecule has 3 nitrogen and oxygen atoms in total. The molecule has 0 aliphatic carbocycles. The first-order valence-corrected chi connectivity index (χ1v) is 8.07. The number of hydrogen-bond acceptors (Lipinski definition) is 2. The number of aromatic nitrogens is 3. The van der Waals surface area contributed by atoms with Gasteiger partial charge in [-0.15, -0.1) is 10.2 Å². The molecule has 0 unspecified atom stereocenters. The fourth-order valence-electron chi connectivity index (χ4n) is 3.01. The molecule has 1 aliphatic rings. The first-order chi connectivity index (χ1) is 11.1. The third kappa shape index (κ3) is 2.37. The Morgan fingerprint density at radius 3 is 2.65 bits per heavy atom. The van der Waals surface area contributed by atoms with E-state index in [0.717, 1.165) is 39.1 Å². The number of fused-ring (bicyclic) bond motifs is 3. The first kappa shape index (κ1) is 14.5. The summed E-state index contributed by atoms with van der Waals surface area (Å²) >= 11 is 12.7. The van der Waals surface area contributed by atoms with E-state index >= 15 is 0 Å². The van der Waals surface area contributed by atoms with Gasteiger partial charge in [-0.05, 0) is 36.8 Å². The number of nitrogens with zero attached hydrogens (tertiary/aromatic N) is 3. The summed E-state index contributed by atoms with van der Waals surface area (Å²) in [6.07, 6.45) is 2.83. The number of rotatable bonds is 1. The summed E-state index contributed by atoms with van der Waals surface area (Å²) in [7, 11) is 0. The standard InChI is InChI=1S/C18H13Cl2N3/c1-11-21-22-18-9-7-13(14-4-2-3-5-16(14)20)15-10-12(19)6-8-17(15)23(11)18/h2-8,10H,9H2,1H3. The molecule has 1 aliphatic heterocycles. The maximum atomic E-state index is 6.43. The van der Waals surface area contributed by atoms with Crippen LogP contribution in [0, 0.1) is 6.92 Å². The van der Waals surface area contributed by atoms with Crippen LogP contribution in [0.25, 0.3) is 11.3 Å². The smallest absolute Gasteiger partial charge is 0.141 e. The van der Waals surface area contributed by atoms with Gasteiger partial charge in [0.2, 0.25) is 0 Å². The molecular formula is C18H13Cl2N3. The lowest BCUT2D eigenvalue weighted by molar-refractivity contribution is 0.909. The van der Waals surface area contributed by atoms with E-state index in [-0.39, 0.29) is 0 Å². The van der Waals surface area contributed by atoms with Crippen LogP contribution >= 0.6 is 23.2 Å². The minimum Gasteiger partial charge on any atom is -0.282 e. The highest BCUT2D eigenvalue weighted by atomic mass is 35.5. The van der Waals surface area contributed by atoms with Gasteiger partial charge in [-0.25, -0.2) is 0 Å². The molecule has 0 amide bonds. The van der Waals surface area contributed by atoms with Crippen LogP contribution in [-0.2, 0) is 6.42 Å². The van der Waals surface area contributed by atoms with Gasteiger partial charge >= 0.3 is 0 Å². The fourth-order valence-corrected chi connectivity index (χ4v) is 3.42. The summed E-state index contributed by atoms with van der Waals surface area (Å²) in [5.74, 6) is 1.77. The number of halogens is 2. The Balaban J connectivity index is 2.03.